The first kappa shape index (κ1) is 14.3. The van der Waals surface area contributed by atoms with Crippen LogP contribution >= 0.6 is 0 Å². The zero-order valence-corrected chi connectivity index (χ0v) is 12.1. The van der Waals surface area contributed by atoms with E-state index in [1.54, 1.807) is 13.0 Å². The number of hydrogen-bond acceptors (Lipinski definition) is 6. The van der Waals surface area contributed by atoms with Crippen molar-refractivity contribution < 1.29 is 13.7 Å². The quantitative estimate of drug-likeness (QED) is 0.410. The van der Waals surface area contributed by atoms with Gasteiger partial charge in [-0.2, -0.15) is 0 Å². The molecule has 0 bridgehead atoms. The molecule has 0 N–H and O–H groups in total. The summed E-state index contributed by atoms with van der Waals surface area (Å²) in [5.41, 5.74) is 2.56. The van der Waals surface area contributed by atoms with Crippen LogP contribution in [0.5, 0.6) is 0 Å². The second-order valence-electron chi connectivity index (χ2n) is 4.70. The summed E-state index contributed by atoms with van der Waals surface area (Å²) in [6.07, 6.45) is 4.64. The molecule has 0 radical (unpaired) electrons. The monoisotopic (exact) mass is 295 g/mol. The Morgan fingerprint density at radius 1 is 1.55 bits per heavy atom. The summed E-state index contributed by atoms with van der Waals surface area (Å²) in [7, 11) is 0. The number of oxazole rings is 1. The van der Waals surface area contributed by atoms with Crippen LogP contribution in [0.4, 0.5) is 5.78 Å². The molecule has 1 atom stereocenters. The van der Waals surface area contributed by atoms with Crippen LogP contribution in [0.15, 0.2) is 57.3 Å². The van der Waals surface area contributed by atoms with Crippen molar-refractivity contribution in [3.05, 3.63) is 48.9 Å². The van der Waals surface area contributed by atoms with Gasteiger partial charge in [0, 0.05) is 0 Å². The molecule has 2 heterocycles. The molecule has 6 nitrogen and oxygen atoms in total. The van der Waals surface area contributed by atoms with Crippen molar-refractivity contribution in [3.63, 3.8) is 0 Å². The number of hydrogen-bond donors (Lipinski definition) is 0. The molecule has 7 heteroatoms. The van der Waals surface area contributed by atoms with Crippen LogP contribution in [0.25, 0.3) is 11.1 Å². The van der Waals surface area contributed by atoms with E-state index in [2.05, 4.69) is 21.7 Å². The fourth-order valence-corrected chi connectivity index (χ4v) is 2.06. The van der Waals surface area contributed by atoms with Crippen LogP contribution in [0.2, 0.25) is 0 Å². The molecule has 0 amide bonds. The van der Waals surface area contributed by atoms with Gasteiger partial charge in [0.15, 0.2) is 0 Å². The number of fused-ring (bicyclic) bond motifs is 1. The zero-order chi connectivity index (χ0) is 15.4. The Bertz CT molecular complexity index is 795. The van der Waals surface area contributed by atoms with Gasteiger partial charge in [-0.15, -0.1) is 0 Å². The molecule has 0 aliphatic heterocycles. The fraction of sp³-hybridized carbons (Fsp3) is 0.200. The number of aliphatic imine (C=N–C) groups is 1. The SMILES string of the molecule is C=CCO/C(=N\c1bcno1)C(C)c1ccc2ocnc2c1. The molecule has 3 aromatic rings. The standard InChI is InChI=1S/C15H14BN3O3/c1-3-6-20-14(19-15-16-8-18-22-15)10(2)11-4-5-13-12(7-11)17-9-21-13/h3-5,7-10H,1,6H2,2H3/b19-14-. The van der Waals surface area contributed by atoms with Crippen LogP contribution in [0.1, 0.15) is 18.4 Å². The van der Waals surface area contributed by atoms with Crippen molar-refractivity contribution in [2.45, 2.75) is 12.8 Å². The van der Waals surface area contributed by atoms with Gasteiger partial charge in [0.05, 0.1) is 0 Å². The first-order valence-electron chi connectivity index (χ1n) is 6.84. The Morgan fingerprint density at radius 2 is 2.45 bits per heavy atom. The Kier molecular flexibility index (Phi) is 4.13. The van der Waals surface area contributed by atoms with Crippen LogP contribution in [-0.2, 0) is 4.74 Å². The third-order valence-electron chi connectivity index (χ3n) is 3.22. The molecule has 0 aliphatic carbocycles. The summed E-state index contributed by atoms with van der Waals surface area (Å²) in [6, 6.07) is 5.80. The second kappa shape index (κ2) is 6.38. The van der Waals surface area contributed by atoms with Crippen LogP contribution in [0, 0.1) is 0 Å². The summed E-state index contributed by atoms with van der Waals surface area (Å²) >= 11 is 0. The van der Waals surface area contributed by atoms with E-state index in [1.165, 1.54) is 12.5 Å². The third kappa shape index (κ3) is 2.98. The molecule has 0 fully saturated rings. The van der Waals surface area contributed by atoms with Crippen LogP contribution in [-0.4, -0.2) is 29.6 Å². The van der Waals surface area contributed by atoms with Gasteiger partial charge in [-0.3, -0.25) is 0 Å². The maximum absolute atomic E-state index is 5.67. The summed E-state index contributed by atoms with van der Waals surface area (Å²) in [4.78, 5) is 8.54. The Hall–Kier alpha value is -2.70. The van der Waals surface area contributed by atoms with Crippen molar-refractivity contribution in [3.8, 4) is 0 Å². The molecule has 0 saturated heterocycles. The maximum atomic E-state index is 5.67. The molecule has 1 unspecified atom stereocenters. The molecular formula is C15H14BN3O3. The van der Waals surface area contributed by atoms with Gasteiger partial charge in [-0.1, -0.05) is 0 Å². The number of ether oxygens (including phenoxy) is 1. The van der Waals surface area contributed by atoms with E-state index in [0.29, 0.717) is 18.3 Å². The molecule has 2 aromatic heterocycles. The molecule has 0 aliphatic rings. The van der Waals surface area contributed by atoms with Crippen LogP contribution in [0.3, 0.4) is 0 Å². The molecule has 3 rings (SSSR count). The first-order valence-corrected chi connectivity index (χ1v) is 6.84. The average molecular weight is 295 g/mol. The van der Waals surface area contributed by atoms with E-state index in [-0.39, 0.29) is 5.92 Å². The summed E-state index contributed by atoms with van der Waals surface area (Å²) < 4.78 is 15.9. The van der Waals surface area contributed by atoms with Crippen LogP contribution < -0.4 is 0 Å². The second-order valence-corrected chi connectivity index (χ2v) is 4.70. The number of rotatable bonds is 5. The minimum absolute atomic E-state index is 0.0776. The summed E-state index contributed by atoms with van der Waals surface area (Å²) in [6.45, 7) is 7.69. The summed E-state index contributed by atoms with van der Waals surface area (Å²) in [5, 5.41) is 3.64. The average Bonchev–Trinajstić information content (AvgIpc) is 3.21. The van der Waals surface area contributed by atoms with Crippen molar-refractivity contribution in [2.24, 2.45) is 4.99 Å². The first-order chi connectivity index (χ1) is 10.8. The van der Waals surface area contributed by atoms with Gasteiger partial charge in [0.1, 0.15) is 0 Å². The van der Waals surface area contributed by atoms with Crippen molar-refractivity contribution in [1.82, 2.24) is 10.1 Å². The van der Waals surface area contributed by atoms with Gasteiger partial charge >= 0.3 is 127 Å². The molecular weight excluding hydrogens is 281 g/mol. The van der Waals surface area contributed by atoms with Gasteiger partial charge in [0.25, 0.3) is 0 Å². The third-order valence-corrected chi connectivity index (χ3v) is 3.22. The van der Waals surface area contributed by atoms with Gasteiger partial charge in [-0.05, 0) is 0 Å². The van der Waals surface area contributed by atoms with Crippen molar-refractivity contribution in [1.29, 1.82) is 0 Å². The Balaban J connectivity index is 1.93. The minimum atomic E-state index is -0.0776. The van der Waals surface area contributed by atoms with Crippen molar-refractivity contribution >= 4 is 29.7 Å². The van der Waals surface area contributed by atoms with Gasteiger partial charge in [-0.25, -0.2) is 0 Å². The number of nitrogens with zero attached hydrogens (tertiary/aromatic N) is 3. The predicted octanol–water partition coefficient (Wildman–Crippen LogP) is 3.19. The zero-order valence-electron chi connectivity index (χ0n) is 12.1. The Labute approximate surface area is 127 Å². The van der Waals surface area contributed by atoms with E-state index in [0.717, 1.165) is 16.7 Å². The number of benzene rings is 1. The summed E-state index contributed by atoms with van der Waals surface area (Å²) in [5.74, 6) is 0.846. The molecule has 110 valence electrons. The molecule has 1 aromatic carbocycles. The van der Waals surface area contributed by atoms with Crippen molar-refractivity contribution in [2.75, 3.05) is 6.61 Å². The fourth-order valence-electron chi connectivity index (χ4n) is 2.06. The van der Waals surface area contributed by atoms with E-state index in [4.69, 9.17) is 13.7 Å². The van der Waals surface area contributed by atoms with E-state index in [9.17, 15) is 0 Å². The topological polar surface area (TPSA) is 73.7 Å². The number of aromatic nitrogens is 2. The van der Waals surface area contributed by atoms with Gasteiger partial charge < -0.3 is 0 Å². The van der Waals surface area contributed by atoms with E-state index < -0.39 is 0 Å². The molecule has 0 saturated carbocycles. The van der Waals surface area contributed by atoms with Gasteiger partial charge in [0.2, 0.25) is 0 Å². The molecule has 0 spiro atoms. The Morgan fingerprint density at radius 3 is 3.23 bits per heavy atom. The predicted molar refractivity (Wildman–Crippen MR) is 83.5 cm³/mol. The van der Waals surface area contributed by atoms with E-state index >= 15 is 0 Å². The molecule has 22 heavy (non-hydrogen) atoms. The van der Waals surface area contributed by atoms with E-state index in [1.807, 2.05) is 25.1 Å². The normalized spacial score (nSPS) is 13.0.